The van der Waals surface area contributed by atoms with Crippen LogP contribution in [0.25, 0.3) is 0 Å². The minimum absolute atomic E-state index is 0.513. The van der Waals surface area contributed by atoms with Gasteiger partial charge in [0.05, 0.1) is 0 Å². The van der Waals surface area contributed by atoms with Crippen LogP contribution in [0.1, 0.15) is 6.92 Å². The summed E-state index contributed by atoms with van der Waals surface area (Å²) in [5.74, 6) is 0. The quantitative estimate of drug-likeness (QED) is 0.459. The van der Waals surface area contributed by atoms with E-state index in [2.05, 4.69) is 12.6 Å². The number of halogens is 5. The van der Waals surface area contributed by atoms with Crippen LogP contribution in [-0.2, 0) is 4.74 Å². The summed E-state index contributed by atoms with van der Waals surface area (Å²) < 4.78 is 1.03. The van der Waals surface area contributed by atoms with Gasteiger partial charge in [-0.05, 0) is 6.92 Å². The SMILES string of the molecule is CC(S)OC(Cl)(Cl)C(Cl)(Cl)Cl. The highest BCUT2D eigenvalue weighted by Crippen LogP contribution is 2.47. The molecular weight excluding hydrogens is 273 g/mol. The molecule has 1 nitrogen and oxygen atoms in total. The molecular formula is C4H5Cl5OS. The zero-order valence-electron chi connectivity index (χ0n) is 5.32. The first kappa shape index (κ1) is 12.8. The predicted octanol–water partition coefficient (Wildman–Crippen LogP) is 3.78. The fourth-order valence-electron chi connectivity index (χ4n) is 0.281. The second-order valence-corrected chi connectivity index (χ2v) is 6.00. The second kappa shape index (κ2) is 4.32. The molecule has 0 saturated heterocycles. The molecule has 0 aliphatic heterocycles. The van der Waals surface area contributed by atoms with E-state index in [1.807, 2.05) is 0 Å². The Morgan fingerprint density at radius 2 is 1.55 bits per heavy atom. The molecule has 0 spiro atoms. The molecule has 0 aromatic carbocycles. The summed E-state index contributed by atoms with van der Waals surface area (Å²) in [4.78, 5) is 0. The molecule has 0 aromatic heterocycles. The fourth-order valence-corrected chi connectivity index (χ4v) is 0.964. The molecule has 0 amide bonds. The molecule has 1 unspecified atom stereocenters. The lowest BCUT2D eigenvalue weighted by Crippen LogP contribution is -2.35. The Hall–Kier alpha value is 1.76. The third-order valence-electron chi connectivity index (χ3n) is 0.649. The topological polar surface area (TPSA) is 9.23 Å². The number of ether oxygens (including phenoxy) is 1. The first-order valence-electron chi connectivity index (χ1n) is 2.47. The number of hydrogen-bond acceptors (Lipinski definition) is 2. The van der Waals surface area contributed by atoms with Gasteiger partial charge in [0.2, 0.25) is 3.79 Å². The van der Waals surface area contributed by atoms with Crippen LogP contribution >= 0.6 is 70.6 Å². The first-order chi connectivity index (χ1) is 4.67. The van der Waals surface area contributed by atoms with Crippen molar-refractivity contribution in [1.82, 2.24) is 0 Å². The Morgan fingerprint density at radius 3 is 1.64 bits per heavy atom. The van der Waals surface area contributed by atoms with Crippen molar-refractivity contribution in [2.75, 3.05) is 0 Å². The minimum Gasteiger partial charge on any atom is -0.330 e. The van der Waals surface area contributed by atoms with Crippen LogP contribution in [0, 0.1) is 0 Å². The van der Waals surface area contributed by atoms with E-state index in [1.54, 1.807) is 6.92 Å². The van der Waals surface area contributed by atoms with E-state index >= 15 is 0 Å². The first-order valence-corrected chi connectivity index (χ1v) is 4.88. The second-order valence-electron chi connectivity index (χ2n) is 1.73. The van der Waals surface area contributed by atoms with Gasteiger partial charge in [-0.25, -0.2) is 0 Å². The smallest absolute Gasteiger partial charge is 0.266 e. The van der Waals surface area contributed by atoms with E-state index < -0.39 is 13.7 Å². The van der Waals surface area contributed by atoms with E-state index in [-0.39, 0.29) is 0 Å². The van der Waals surface area contributed by atoms with Gasteiger partial charge in [-0.2, -0.15) is 0 Å². The van der Waals surface area contributed by atoms with Crippen molar-refractivity contribution < 1.29 is 4.74 Å². The Morgan fingerprint density at radius 1 is 1.18 bits per heavy atom. The van der Waals surface area contributed by atoms with E-state index in [9.17, 15) is 0 Å². The molecule has 0 radical (unpaired) electrons. The summed E-state index contributed by atoms with van der Waals surface area (Å²) in [5.41, 5.74) is -0.513. The van der Waals surface area contributed by atoms with Gasteiger partial charge in [0.15, 0.2) is 0 Å². The molecule has 0 bridgehead atoms. The van der Waals surface area contributed by atoms with Gasteiger partial charge >= 0.3 is 0 Å². The van der Waals surface area contributed by atoms with Gasteiger partial charge in [-0.1, -0.05) is 58.0 Å². The standard InChI is InChI=1S/C4H5Cl5OS/c1-2(11)10-4(8,9)3(5,6)7/h2,11H,1H3. The average molecular weight is 278 g/mol. The third kappa shape index (κ3) is 4.51. The number of hydrogen-bond donors (Lipinski definition) is 1. The summed E-state index contributed by atoms with van der Waals surface area (Å²) >= 11 is 31.0. The molecule has 68 valence electrons. The summed E-state index contributed by atoms with van der Waals surface area (Å²) in [6.07, 6.45) is 0. The van der Waals surface area contributed by atoms with Gasteiger partial charge in [0.25, 0.3) is 4.52 Å². The number of thiol groups is 1. The molecule has 1 atom stereocenters. The molecule has 0 saturated carbocycles. The maximum atomic E-state index is 5.51. The highest BCUT2D eigenvalue weighted by Gasteiger charge is 2.48. The molecule has 7 heteroatoms. The monoisotopic (exact) mass is 276 g/mol. The zero-order chi connectivity index (χ0) is 9.28. The average Bonchev–Trinajstić information content (AvgIpc) is 1.56. The van der Waals surface area contributed by atoms with E-state index in [0.29, 0.717) is 0 Å². The number of rotatable bonds is 2. The molecule has 0 aliphatic rings. The van der Waals surface area contributed by atoms with Crippen LogP contribution in [0.4, 0.5) is 0 Å². The molecule has 0 rings (SSSR count). The van der Waals surface area contributed by atoms with E-state index in [0.717, 1.165) is 0 Å². The minimum atomic E-state index is -1.90. The summed E-state index contributed by atoms with van der Waals surface area (Å²) in [6, 6.07) is 0. The predicted molar refractivity (Wildman–Crippen MR) is 54.3 cm³/mol. The van der Waals surface area contributed by atoms with Crippen LogP contribution in [0.2, 0.25) is 0 Å². The van der Waals surface area contributed by atoms with Gasteiger partial charge in [0.1, 0.15) is 5.44 Å². The molecule has 0 fully saturated rings. The van der Waals surface area contributed by atoms with Crippen molar-refractivity contribution in [3.05, 3.63) is 0 Å². The van der Waals surface area contributed by atoms with Gasteiger partial charge in [0, 0.05) is 0 Å². The lowest BCUT2D eigenvalue weighted by atomic mass is 10.7. The summed E-state index contributed by atoms with van der Waals surface area (Å²) in [7, 11) is 0. The summed E-state index contributed by atoms with van der Waals surface area (Å²) in [6.45, 7) is 1.60. The van der Waals surface area contributed by atoms with Gasteiger partial charge in [-0.3, -0.25) is 0 Å². The van der Waals surface area contributed by atoms with Crippen LogP contribution in [0.5, 0.6) is 0 Å². The molecule has 0 aromatic rings. The van der Waals surface area contributed by atoms with Crippen LogP contribution in [-0.4, -0.2) is 13.7 Å². The van der Waals surface area contributed by atoms with E-state index in [1.165, 1.54) is 0 Å². The van der Waals surface area contributed by atoms with Crippen molar-refractivity contribution in [3.63, 3.8) is 0 Å². The third-order valence-corrected chi connectivity index (χ3v) is 2.88. The Balaban J connectivity index is 4.22. The fraction of sp³-hybridized carbons (Fsp3) is 1.00. The van der Waals surface area contributed by atoms with Crippen molar-refractivity contribution in [2.24, 2.45) is 0 Å². The summed E-state index contributed by atoms with van der Waals surface area (Å²) in [5, 5.41) is 0. The zero-order valence-corrected chi connectivity index (χ0v) is 10.00. The lowest BCUT2D eigenvalue weighted by Gasteiger charge is -2.28. The largest absolute Gasteiger partial charge is 0.330 e. The lowest BCUT2D eigenvalue weighted by molar-refractivity contribution is 0.0719. The molecule has 0 N–H and O–H groups in total. The van der Waals surface area contributed by atoms with Crippen LogP contribution in [0.15, 0.2) is 0 Å². The number of alkyl halides is 5. The highest BCUT2D eigenvalue weighted by atomic mass is 35.6. The van der Waals surface area contributed by atoms with Crippen molar-refractivity contribution in [3.8, 4) is 0 Å². The molecule has 11 heavy (non-hydrogen) atoms. The van der Waals surface area contributed by atoms with Crippen LogP contribution in [0.3, 0.4) is 0 Å². The van der Waals surface area contributed by atoms with E-state index in [4.69, 9.17) is 62.7 Å². The Labute approximate surface area is 95.6 Å². The molecule has 0 aliphatic carbocycles. The Bertz CT molecular complexity index is 131. The maximum Gasteiger partial charge on any atom is 0.266 e. The van der Waals surface area contributed by atoms with Crippen LogP contribution < -0.4 is 0 Å². The molecule has 0 heterocycles. The van der Waals surface area contributed by atoms with Gasteiger partial charge < -0.3 is 4.74 Å². The van der Waals surface area contributed by atoms with Crippen molar-refractivity contribution in [2.45, 2.75) is 20.7 Å². The normalized spacial score (nSPS) is 16.6. The van der Waals surface area contributed by atoms with Gasteiger partial charge in [-0.15, -0.1) is 12.6 Å². The maximum absolute atomic E-state index is 5.51. The van der Waals surface area contributed by atoms with Crippen molar-refractivity contribution >= 4 is 70.6 Å². The Kier molecular flexibility index (Phi) is 5.01. The highest BCUT2D eigenvalue weighted by molar-refractivity contribution is 7.80. The van der Waals surface area contributed by atoms with Crippen molar-refractivity contribution in [1.29, 1.82) is 0 Å².